The van der Waals surface area contributed by atoms with Crippen LogP contribution in [0.25, 0.3) is 0 Å². The van der Waals surface area contributed by atoms with E-state index in [1.54, 1.807) is 13.8 Å². The minimum absolute atomic E-state index is 0.0336. The molecule has 7 rings (SSSR count). The fraction of sp³-hybridized carbons (Fsp3) is 0.250. The minimum Gasteiger partial charge on any atom is -0.299 e. The number of ketones is 1. The molecule has 0 aromatic heterocycles. The first-order valence-electron chi connectivity index (χ1n) is 11.5. The van der Waals surface area contributed by atoms with Crippen LogP contribution in [0.2, 0.25) is 0 Å². The number of Topliss-reactive ketones (excluding diaryl/α,β-unsaturated/α-hetero) is 1. The number of hydrogen-bond donors (Lipinski definition) is 0. The van der Waals surface area contributed by atoms with Crippen molar-refractivity contribution in [1.82, 2.24) is 0 Å². The van der Waals surface area contributed by atoms with Gasteiger partial charge in [0.2, 0.25) is 11.8 Å². The monoisotopic (exact) mass is 466 g/mol. The third-order valence-corrected chi connectivity index (χ3v) is 8.20. The molecule has 0 spiro atoms. The van der Waals surface area contributed by atoms with E-state index in [9.17, 15) is 24.5 Å². The van der Waals surface area contributed by atoms with E-state index in [-0.39, 0.29) is 17.2 Å². The molecule has 35 heavy (non-hydrogen) atoms. The SMILES string of the molecule is CC(=O)C12c3ccccc3C(c3ccccc31)[C@H]1C(=O)N(c3cc(C)c(C)cc3[N+](=O)[O-])C(=O)[C@H]12. The summed E-state index contributed by atoms with van der Waals surface area (Å²) in [6.45, 7) is 5.00. The van der Waals surface area contributed by atoms with Crippen molar-refractivity contribution in [2.75, 3.05) is 4.90 Å². The summed E-state index contributed by atoms with van der Waals surface area (Å²) in [6, 6.07) is 17.9. The predicted octanol–water partition coefficient (Wildman–Crippen LogP) is 4.35. The van der Waals surface area contributed by atoms with Crippen LogP contribution in [-0.2, 0) is 19.8 Å². The van der Waals surface area contributed by atoms with Crippen molar-refractivity contribution in [3.05, 3.63) is 104 Å². The average Bonchev–Trinajstić information content (AvgIpc) is 3.11. The molecular formula is C28H22N2O5. The lowest BCUT2D eigenvalue weighted by Crippen LogP contribution is -2.57. The van der Waals surface area contributed by atoms with Crippen LogP contribution in [0.3, 0.4) is 0 Å². The van der Waals surface area contributed by atoms with Gasteiger partial charge in [-0.2, -0.15) is 0 Å². The Morgan fingerprint density at radius 1 is 0.914 bits per heavy atom. The molecule has 4 aliphatic rings. The van der Waals surface area contributed by atoms with Gasteiger partial charge in [-0.3, -0.25) is 24.5 Å². The van der Waals surface area contributed by atoms with Gasteiger partial charge >= 0.3 is 0 Å². The molecule has 0 saturated carbocycles. The fourth-order valence-electron chi connectivity index (χ4n) is 6.72. The van der Waals surface area contributed by atoms with Gasteiger partial charge in [0.15, 0.2) is 0 Å². The number of nitro benzene ring substituents is 1. The number of anilines is 1. The summed E-state index contributed by atoms with van der Waals surface area (Å²) in [6.07, 6.45) is 0. The van der Waals surface area contributed by atoms with Gasteiger partial charge < -0.3 is 0 Å². The predicted molar refractivity (Wildman–Crippen MR) is 128 cm³/mol. The van der Waals surface area contributed by atoms with Gasteiger partial charge in [-0.25, -0.2) is 4.90 Å². The Kier molecular flexibility index (Phi) is 4.25. The number of nitro groups is 1. The van der Waals surface area contributed by atoms with Crippen molar-refractivity contribution in [2.24, 2.45) is 11.8 Å². The topological polar surface area (TPSA) is 97.6 Å². The van der Waals surface area contributed by atoms with E-state index in [1.165, 1.54) is 19.1 Å². The molecule has 0 N–H and O–H groups in total. The van der Waals surface area contributed by atoms with Crippen molar-refractivity contribution in [2.45, 2.75) is 32.1 Å². The van der Waals surface area contributed by atoms with E-state index in [2.05, 4.69) is 0 Å². The van der Waals surface area contributed by atoms with Crippen LogP contribution >= 0.6 is 0 Å². The van der Waals surface area contributed by atoms with Crippen molar-refractivity contribution in [3.63, 3.8) is 0 Å². The molecule has 0 unspecified atom stereocenters. The van der Waals surface area contributed by atoms with Crippen LogP contribution in [-0.4, -0.2) is 22.5 Å². The maximum atomic E-state index is 14.2. The molecule has 2 bridgehead atoms. The highest BCUT2D eigenvalue weighted by atomic mass is 16.6. The van der Waals surface area contributed by atoms with Gasteiger partial charge in [-0.05, 0) is 60.2 Å². The zero-order valence-corrected chi connectivity index (χ0v) is 19.4. The van der Waals surface area contributed by atoms with E-state index >= 15 is 0 Å². The first-order chi connectivity index (χ1) is 16.7. The third-order valence-electron chi connectivity index (χ3n) is 8.20. The van der Waals surface area contributed by atoms with Crippen molar-refractivity contribution in [3.8, 4) is 0 Å². The molecule has 7 nitrogen and oxygen atoms in total. The highest BCUT2D eigenvalue weighted by Gasteiger charge is 2.70. The smallest absolute Gasteiger partial charge is 0.293 e. The molecule has 1 aliphatic heterocycles. The summed E-state index contributed by atoms with van der Waals surface area (Å²) < 4.78 is 0. The summed E-state index contributed by atoms with van der Waals surface area (Å²) in [7, 11) is 0. The van der Waals surface area contributed by atoms with Crippen LogP contribution in [0.1, 0.15) is 46.2 Å². The van der Waals surface area contributed by atoms with Crippen LogP contribution in [0.15, 0.2) is 60.7 Å². The van der Waals surface area contributed by atoms with E-state index in [1.807, 2.05) is 48.5 Å². The second-order valence-electron chi connectivity index (χ2n) is 9.71. The molecule has 3 aromatic carbocycles. The van der Waals surface area contributed by atoms with Crippen LogP contribution in [0, 0.1) is 35.8 Å². The van der Waals surface area contributed by atoms with Gasteiger partial charge in [-0.15, -0.1) is 0 Å². The summed E-state index contributed by atoms with van der Waals surface area (Å²) in [5.41, 5.74) is 2.98. The minimum atomic E-state index is -1.33. The van der Waals surface area contributed by atoms with E-state index < -0.39 is 39.9 Å². The molecule has 2 amide bonds. The third kappa shape index (κ3) is 2.42. The number of carbonyl (C=O) groups is 3. The second-order valence-corrected chi connectivity index (χ2v) is 9.71. The quantitative estimate of drug-likeness (QED) is 0.325. The highest BCUT2D eigenvalue weighted by Crippen LogP contribution is 2.64. The zero-order valence-electron chi connectivity index (χ0n) is 19.4. The molecule has 7 heteroatoms. The first kappa shape index (κ1) is 21.4. The lowest BCUT2D eigenvalue weighted by atomic mass is 9.46. The van der Waals surface area contributed by atoms with Crippen LogP contribution in [0.4, 0.5) is 11.4 Å². The van der Waals surface area contributed by atoms with E-state index in [4.69, 9.17) is 0 Å². The Bertz CT molecular complexity index is 1460. The molecule has 1 fully saturated rings. The number of amides is 2. The summed E-state index contributed by atoms with van der Waals surface area (Å²) in [5, 5.41) is 11.9. The number of rotatable bonds is 3. The van der Waals surface area contributed by atoms with Crippen LogP contribution in [0.5, 0.6) is 0 Å². The lowest BCUT2D eigenvalue weighted by Gasteiger charge is -2.52. The Morgan fingerprint density at radius 3 is 2.00 bits per heavy atom. The van der Waals surface area contributed by atoms with Gasteiger partial charge in [0.05, 0.1) is 22.2 Å². The largest absolute Gasteiger partial charge is 0.299 e. The van der Waals surface area contributed by atoms with E-state index in [0.29, 0.717) is 5.56 Å². The first-order valence-corrected chi connectivity index (χ1v) is 11.5. The van der Waals surface area contributed by atoms with Crippen LogP contribution < -0.4 is 4.90 Å². The normalized spacial score (nSPS) is 25.8. The lowest BCUT2D eigenvalue weighted by molar-refractivity contribution is -0.384. The van der Waals surface area contributed by atoms with E-state index in [0.717, 1.165) is 32.7 Å². The number of hydrogen-bond acceptors (Lipinski definition) is 5. The van der Waals surface area contributed by atoms with Crippen molar-refractivity contribution in [1.29, 1.82) is 0 Å². The Balaban J connectivity index is 1.66. The molecule has 2 atom stereocenters. The Labute approximate surface area is 201 Å². The number of aryl methyl sites for hydroxylation is 2. The second kappa shape index (κ2) is 6.95. The van der Waals surface area contributed by atoms with Gasteiger partial charge in [-0.1, -0.05) is 48.5 Å². The summed E-state index contributed by atoms with van der Waals surface area (Å²) in [5.74, 6) is -3.48. The zero-order chi connectivity index (χ0) is 24.8. The molecule has 1 saturated heterocycles. The fourth-order valence-corrected chi connectivity index (χ4v) is 6.72. The number of benzene rings is 3. The number of nitrogens with zero attached hydrogens (tertiary/aromatic N) is 2. The molecule has 0 radical (unpaired) electrons. The number of carbonyl (C=O) groups excluding carboxylic acids is 3. The van der Waals surface area contributed by atoms with Crippen molar-refractivity contribution >= 4 is 29.0 Å². The van der Waals surface area contributed by atoms with Crippen molar-refractivity contribution < 1.29 is 19.3 Å². The van der Waals surface area contributed by atoms with Gasteiger partial charge in [0.1, 0.15) is 11.5 Å². The Hall–Kier alpha value is -4.13. The number of imide groups is 1. The summed E-state index contributed by atoms with van der Waals surface area (Å²) in [4.78, 5) is 54.2. The average molecular weight is 466 g/mol. The summed E-state index contributed by atoms with van der Waals surface area (Å²) >= 11 is 0. The Morgan fingerprint density at radius 2 is 1.46 bits per heavy atom. The molecular weight excluding hydrogens is 444 g/mol. The maximum absolute atomic E-state index is 14.2. The molecule has 1 heterocycles. The standard InChI is InChI=1S/C28H22N2O5/c1-14-12-21(22(30(34)35)13-15(14)2)29-26(32)24-23-17-8-4-6-10-19(17)28(16(3)31,25(24)27(29)33)20-11-7-5-9-18(20)23/h4-13,23-25H,1-3H3/t23?,24-,25+,28?/m1/s1. The molecule has 3 aliphatic carbocycles. The van der Waals surface area contributed by atoms with Gasteiger partial charge in [0, 0.05) is 12.0 Å². The molecule has 174 valence electrons. The van der Waals surface area contributed by atoms with Gasteiger partial charge in [0.25, 0.3) is 5.69 Å². The highest BCUT2D eigenvalue weighted by molar-refractivity contribution is 6.26. The maximum Gasteiger partial charge on any atom is 0.293 e. The molecule has 3 aromatic rings.